The Kier molecular flexibility index (Phi) is 4.65. The molecule has 0 amide bonds. The number of halogens is 5. The summed E-state index contributed by atoms with van der Waals surface area (Å²) in [5.74, 6) is -1.64. The Morgan fingerprint density at radius 3 is 2.23 bits per heavy atom. The van der Waals surface area contributed by atoms with Crippen molar-refractivity contribution in [3.63, 3.8) is 0 Å². The normalized spacial score (nSPS) is 13.0. The lowest BCUT2D eigenvalue weighted by molar-refractivity contribution is -0.149. The molecule has 118 valence electrons. The summed E-state index contributed by atoms with van der Waals surface area (Å²) in [7, 11) is 0. The first-order valence-electron chi connectivity index (χ1n) is 6.26. The van der Waals surface area contributed by atoms with Crippen molar-refractivity contribution in [2.45, 2.75) is 18.8 Å². The highest BCUT2D eigenvalue weighted by Crippen LogP contribution is 2.30. The van der Waals surface area contributed by atoms with Crippen LogP contribution in [-0.4, -0.2) is 6.18 Å². The Hall–Kier alpha value is -2.15. The molecule has 0 aromatic heterocycles. The molecule has 2 nitrogen and oxygen atoms in total. The quantitative estimate of drug-likeness (QED) is 0.862. The number of ether oxygens (including phenoxy) is 1. The molecular weight excluding hydrogens is 305 g/mol. The molecule has 0 aliphatic carbocycles. The summed E-state index contributed by atoms with van der Waals surface area (Å²) in [6, 6.07) is 5.92. The van der Waals surface area contributed by atoms with Crippen LogP contribution in [0, 0.1) is 11.6 Å². The zero-order valence-electron chi connectivity index (χ0n) is 11.2. The Labute approximate surface area is 123 Å². The third kappa shape index (κ3) is 3.94. The van der Waals surface area contributed by atoms with E-state index in [0.717, 1.165) is 18.2 Å². The minimum Gasteiger partial charge on any atom is -0.486 e. The second kappa shape index (κ2) is 6.31. The molecule has 1 atom stereocenters. The van der Waals surface area contributed by atoms with E-state index in [-0.39, 0.29) is 17.9 Å². The van der Waals surface area contributed by atoms with Crippen molar-refractivity contribution >= 4 is 0 Å². The second-order valence-corrected chi connectivity index (χ2v) is 4.62. The molecule has 2 aromatic carbocycles. The highest BCUT2D eigenvalue weighted by Gasteiger charge is 2.37. The second-order valence-electron chi connectivity index (χ2n) is 4.62. The number of nitrogens with two attached hydrogens (primary N) is 1. The molecule has 0 saturated carbocycles. The van der Waals surface area contributed by atoms with Gasteiger partial charge in [-0.15, -0.1) is 0 Å². The number of hydrogen-bond acceptors (Lipinski definition) is 2. The molecule has 22 heavy (non-hydrogen) atoms. The van der Waals surface area contributed by atoms with Crippen LogP contribution >= 0.6 is 0 Å². The number of alkyl halides is 3. The van der Waals surface area contributed by atoms with Crippen molar-refractivity contribution in [1.82, 2.24) is 0 Å². The molecule has 0 saturated heterocycles. The summed E-state index contributed by atoms with van der Waals surface area (Å²) in [5.41, 5.74) is 5.49. The summed E-state index contributed by atoms with van der Waals surface area (Å²) in [6.45, 7) is -0.109. The van der Waals surface area contributed by atoms with E-state index in [1.165, 1.54) is 24.3 Å². The van der Waals surface area contributed by atoms with Crippen molar-refractivity contribution in [3.05, 3.63) is 65.2 Å². The first-order chi connectivity index (χ1) is 10.3. The molecule has 2 rings (SSSR count). The van der Waals surface area contributed by atoms with Gasteiger partial charge in [-0.3, -0.25) is 0 Å². The minimum absolute atomic E-state index is 0.0896. The summed E-state index contributed by atoms with van der Waals surface area (Å²) in [4.78, 5) is 0. The fraction of sp³-hybridized carbons (Fsp3) is 0.200. The van der Waals surface area contributed by atoms with Crippen molar-refractivity contribution < 1.29 is 26.7 Å². The zero-order valence-corrected chi connectivity index (χ0v) is 11.2. The molecule has 7 heteroatoms. The van der Waals surface area contributed by atoms with E-state index in [1.54, 1.807) is 0 Å². The molecule has 0 unspecified atom stereocenters. The van der Waals surface area contributed by atoms with Gasteiger partial charge in [0.2, 0.25) is 0 Å². The van der Waals surface area contributed by atoms with Gasteiger partial charge in [0.05, 0.1) is 0 Å². The highest BCUT2D eigenvalue weighted by molar-refractivity contribution is 5.28. The fourth-order valence-corrected chi connectivity index (χ4v) is 1.76. The van der Waals surface area contributed by atoms with Gasteiger partial charge in [-0.2, -0.15) is 13.2 Å². The van der Waals surface area contributed by atoms with Gasteiger partial charge < -0.3 is 10.5 Å². The van der Waals surface area contributed by atoms with Crippen LogP contribution < -0.4 is 10.5 Å². The van der Waals surface area contributed by atoms with E-state index in [1.807, 2.05) is 0 Å². The summed E-state index contributed by atoms with van der Waals surface area (Å²) < 4.78 is 68.8. The third-order valence-electron chi connectivity index (χ3n) is 2.98. The van der Waals surface area contributed by atoms with Crippen LogP contribution in [0.3, 0.4) is 0 Å². The summed E-state index contributed by atoms with van der Waals surface area (Å²) in [6.07, 6.45) is -4.53. The lowest BCUT2D eigenvalue weighted by Gasteiger charge is -2.16. The molecule has 0 aliphatic heterocycles. The van der Waals surface area contributed by atoms with E-state index in [4.69, 9.17) is 10.5 Å². The van der Waals surface area contributed by atoms with Crippen LogP contribution in [0.1, 0.15) is 17.2 Å². The van der Waals surface area contributed by atoms with E-state index in [9.17, 15) is 22.0 Å². The van der Waals surface area contributed by atoms with Crippen LogP contribution in [0.25, 0.3) is 0 Å². The van der Waals surface area contributed by atoms with E-state index in [0.29, 0.717) is 5.56 Å². The van der Waals surface area contributed by atoms with Crippen molar-refractivity contribution in [1.29, 1.82) is 0 Å². The fourth-order valence-electron chi connectivity index (χ4n) is 1.76. The Balaban J connectivity index is 2.04. The maximum absolute atomic E-state index is 13.3. The maximum atomic E-state index is 13.3. The van der Waals surface area contributed by atoms with Crippen LogP contribution in [0.15, 0.2) is 42.5 Å². The van der Waals surface area contributed by atoms with Gasteiger partial charge in [-0.1, -0.05) is 24.3 Å². The SMILES string of the molecule is N[C@@H](c1ccc(COc2cc(F)ccc2F)cc1)C(F)(F)F. The number of benzene rings is 2. The lowest BCUT2D eigenvalue weighted by atomic mass is 10.1. The van der Waals surface area contributed by atoms with E-state index < -0.39 is 23.9 Å². The average molecular weight is 317 g/mol. The minimum atomic E-state index is -4.53. The Morgan fingerprint density at radius 2 is 1.64 bits per heavy atom. The molecule has 2 aromatic rings. The first kappa shape index (κ1) is 16.2. The van der Waals surface area contributed by atoms with Crippen molar-refractivity contribution in [3.8, 4) is 5.75 Å². The standard InChI is InChI=1S/C15H12F5NO/c16-11-5-6-12(17)13(7-11)22-8-9-1-3-10(4-2-9)14(21)15(18,19)20/h1-7,14H,8,21H2/t14-/m0/s1. The average Bonchev–Trinajstić information content (AvgIpc) is 2.47. The molecule has 0 spiro atoms. The third-order valence-corrected chi connectivity index (χ3v) is 2.98. The summed E-state index contributed by atoms with van der Waals surface area (Å²) in [5, 5.41) is 0. The first-order valence-corrected chi connectivity index (χ1v) is 6.26. The zero-order chi connectivity index (χ0) is 16.3. The van der Waals surface area contributed by atoms with Crippen molar-refractivity contribution in [2.24, 2.45) is 5.73 Å². The monoisotopic (exact) mass is 317 g/mol. The Morgan fingerprint density at radius 1 is 1.00 bits per heavy atom. The maximum Gasteiger partial charge on any atom is 0.407 e. The largest absolute Gasteiger partial charge is 0.486 e. The number of rotatable bonds is 4. The predicted molar refractivity (Wildman–Crippen MR) is 70.1 cm³/mol. The van der Waals surface area contributed by atoms with Gasteiger partial charge in [0, 0.05) is 6.07 Å². The van der Waals surface area contributed by atoms with Gasteiger partial charge in [0.1, 0.15) is 18.5 Å². The van der Waals surface area contributed by atoms with Crippen LogP contribution in [0.5, 0.6) is 5.75 Å². The molecule has 0 heterocycles. The van der Waals surface area contributed by atoms with Crippen LogP contribution in [-0.2, 0) is 6.61 Å². The topological polar surface area (TPSA) is 35.2 Å². The smallest absolute Gasteiger partial charge is 0.407 e. The van der Waals surface area contributed by atoms with Gasteiger partial charge in [0.15, 0.2) is 11.6 Å². The Bertz CT molecular complexity index is 639. The van der Waals surface area contributed by atoms with Gasteiger partial charge in [-0.25, -0.2) is 8.78 Å². The lowest BCUT2D eigenvalue weighted by Crippen LogP contribution is -2.28. The van der Waals surface area contributed by atoms with Gasteiger partial charge >= 0.3 is 6.18 Å². The predicted octanol–water partition coefficient (Wildman–Crippen LogP) is 4.11. The molecule has 0 bridgehead atoms. The van der Waals surface area contributed by atoms with Crippen molar-refractivity contribution in [2.75, 3.05) is 0 Å². The van der Waals surface area contributed by atoms with E-state index in [2.05, 4.69) is 0 Å². The van der Waals surface area contributed by atoms with Crippen LogP contribution in [0.2, 0.25) is 0 Å². The van der Waals surface area contributed by atoms with Crippen LogP contribution in [0.4, 0.5) is 22.0 Å². The molecule has 0 fully saturated rings. The van der Waals surface area contributed by atoms with Gasteiger partial charge in [-0.05, 0) is 23.3 Å². The molecule has 0 aliphatic rings. The van der Waals surface area contributed by atoms with Gasteiger partial charge in [0.25, 0.3) is 0 Å². The molecule has 2 N–H and O–H groups in total. The molecule has 0 radical (unpaired) electrons. The molecular formula is C15H12F5NO. The highest BCUT2D eigenvalue weighted by atomic mass is 19.4. The van der Waals surface area contributed by atoms with E-state index >= 15 is 0 Å². The number of hydrogen-bond donors (Lipinski definition) is 1. The summed E-state index contributed by atoms with van der Waals surface area (Å²) >= 11 is 0.